The van der Waals surface area contributed by atoms with Crippen molar-refractivity contribution in [1.29, 1.82) is 5.26 Å². The minimum atomic E-state index is -0.629. The quantitative estimate of drug-likeness (QED) is 0.204. The van der Waals surface area contributed by atoms with Crippen LogP contribution in [-0.2, 0) is 22.6 Å². The highest BCUT2D eigenvalue weighted by atomic mass is 19.1. The van der Waals surface area contributed by atoms with Crippen LogP contribution < -0.4 is 9.47 Å². The SMILES string of the molecule is CC.COC(=O)c1ccc2nc(CN3CCC(Oc4ccnc(C(C)Oc5ccc(C#N)cc5F)n4)CC3)n(CC3CCO3)c2c1. The predicted molar refractivity (Wildman–Crippen MR) is 168 cm³/mol. The standard InChI is InChI=1S/C32H33FN6O5.C2H6/c1-20(43-28-6-3-21(17-34)15-25(28)33)31-35-11-7-30(37-31)44-23-8-12-38(13-9-23)19-29-36-26-5-4-22(32(40)41-2)16-27(26)39(29)18-24-10-14-42-24;1-2/h3-7,11,15-16,20,23-24H,8-10,12-14,18-19H2,1-2H3;1-2H3. The normalized spacial score (nSPS) is 17.3. The summed E-state index contributed by atoms with van der Waals surface area (Å²) in [6.07, 6.45) is 3.70. The Morgan fingerprint density at radius 1 is 1.13 bits per heavy atom. The van der Waals surface area contributed by atoms with Crippen LogP contribution in [0.15, 0.2) is 48.7 Å². The Hall–Kier alpha value is -4.60. The number of carbonyl (C=O) groups excluding carboxylic acids is 1. The van der Waals surface area contributed by atoms with E-state index in [1.54, 1.807) is 25.3 Å². The molecule has 2 saturated heterocycles. The Morgan fingerprint density at radius 2 is 1.91 bits per heavy atom. The van der Waals surface area contributed by atoms with E-state index in [2.05, 4.69) is 19.4 Å². The second-order valence-electron chi connectivity index (χ2n) is 11.0. The summed E-state index contributed by atoms with van der Waals surface area (Å²) in [5.41, 5.74) is 2.45. The molecule has 2 aromatic heterocycles. The molecule has 0 spiro atoms. The van der Waals surface area contributed by atoms with Gasteiger partial charge in [-0.15, -0.1) is 0 Å². The van der Waals surface area contributed by atoms with E-state index in [0.717, 1.165) is 61.9 Å². The van der Waals surface area contributed by atoms with Crippen molar-refractivity contribution in [2.24, 2.45) is 0 Å². The molecule has 2 atom stereocenters. The van der Waals surface area contributed by atoms with E-state index >= 15 is 0 Å². The Morgan fingerprint density at radius 3 is 2.59 bits per heavy atom. The summed E-state index contributed by atoms with van der Waals surface area (Å²) < 4.78 is 39.1. The van der Waals surface area contributed by atoms with E-state index < -0.39 is 11.9 Å². The summed E-state index contributed by atoms with van der Waals surface area (Å²) >= 11 is 0. The molecule has 6 rings (SSSR count). The molecule has 2 aromatic carbocycles. The number of fused-ring (bicyclic) bond motifs is 1. The molecule has 4 aromatic rings. The van der Waals surface area contributed by atoms with E-state index in [1.807, 2.05) is 32.0 Å². The molecule has 2 unspecified atom stereocenters. The van der Waals surface area contributed by atoms with Gasteiger partial charge in [-0.2, -0.15) is 10.2 Å². The van der Waals surface area contributed by atoms with Crippen molar-refractivity contribution in [1.82, 2.24) is 24.4 Å². The third-order valence-electron chi connectivity index (χ3n) is 7.99. The topological polar surface area (TPSA) is 125 Å². The maximum Gasteiger partial charge on any atom is 0.337 e. The van der Waals surface area contributed by atoms with Crippen LogP contribution in [-0.4, -0.2) is 69.4 Å². The van der Waals surface area contributed by atoms with Gasteiger partial charge in [0, 0.05) is 32.0 Å². The molecule has 2 aliphatic rings. The van der Waals surface area contributed by atoms with Crippen LogP contribution in [0.25, 0.3) is 11.0 Å². The predicted octanol–water partition coefficient (Wildman–Crippen LogP) is 5.62. The van der Waals surface area contributed by atoms with E-state index in [9.17, 15) is 9.18 Å². The number of nitriles is 1. The summed E-state index contributed by atoms with van der Waals surface area (Å²) in [6, 6.07) is 13.1. The second kappa shape index (κ2) is 15.1. The summed E-state index contributed by atoms with van der Waals surface area (Å²) in [5.74, 6) is 0.775. The van der Waals surface area contributed by atoms with Crippen LogP contribution in [0.5, 0.6) is 11.6 Å². The lowest BCUT2D eigenvalue weighted by Gasteiger charge is -2.32. The average molecular weight is 631 g/mol. The van der Waals surface area contributed by atoms with Gasteiger partial charge in [0.25, 0.3) is 0 Å². The molecule has 2 aliphatic heterocycles. The number of hydrogen-bond acceptors (Lipinski definition) is 10. The van der Waals surface area contributed by atoms with Gasteiger partial charge in [0.15, 0.2) is 23.5 Å². The highest BCUT2D eigenvalue weighted by molar-refractivity contribution is 5.93. The maximum atomic E-state index is 14.3. The van der Waals surface area contributed by atoms with Gasteiger partial charge in [0.2, 0.25) is 5.88 Å². The molecule has 12 heteroatoms. The van der Waals surface area contributed by atoms with Crippen molar-refractivity contribution >= 4 is 17.0 Å². The minimum Gasteiger partial charge on any atom is -0.480 e. The van der Waals surface area contributed by atoms with Gasteiger partial charge in [0.1, 0.15) is 11.9 Å². The number of imidazole rings is 1. The molecule has 0 amide bonds. The number of nitrogens with zero attached hydrogens (tertiary/aromatic N) is 6. The summed E-state index contributed by atoms with van der Waals surface area (Å²) in [5, 5.41) is 8.95. The van der Waals surface area contributed by atoms with Crippen LogP contribution in [0.2, 0.25) is 0 Å². The first-order valence-electron chi connectivity index (χ1n) is 15.7. The third-order valence-corrected chi connectivity index (χ3v) is 7.99. The Bertz CT molecular complexity index is 1690. The molecule has 2 fully saturated rings. The van der Waals surface area contributed by atoms with E-state index in [4.69, 9.17) is 29.2 Å². The molecule has 0 N–H and O–H groups in total. The largest absolute Gasteiger partial charge is 0.480 e. The van der Waals surface area contributed by atoms with Crippen molar-refractivity contribution in [3.8, 4) is 17.7 Å². The minimum absolute atomic E-state index is 0.0222. The Kier molecular flexibility index (Phi) is 10.8. The molecule has 0 saturated carbocycles. The number of likely N-dealkylation sites (tertiary alicyclic amines) is 1. The Labute approximate surface area is 267 Å². The fourth-order valence-corrected chi connectivity index (χ4v) is 5.46. The first-order valence-corrected chi connectivity index (χ1v) is 15.7. The van der Waals surface area contributed by atoms with Gasteiger partial charge < -0.3 is 23.5 Å². The summed E-state index contributed by atoms with van der Waals surface area (Å²) in [6.45, 7) is 9.48. The third kappa shape index (κ3) is 7.61. The lowest BCUT2D eigenvalue weighted by molar-refractivity contribution is -0.0592. The highest BCUT2D eigenvalue weighted by Crippen LogP contribution is 2.27. The van der Waals surface area contributed by atoms with Crippen molar-refractivity contribution < 1.29 is 28.1 Å². The van der Waals surface area contributed by atoms with E-state index in [-0.39, 0.29) is 29.5 Å². The van der Waals surface area contributed by atoms with Crippen LogP contribution in [0, 0.1) is 17.1 Å². The molecule has 46 heavy (non-hydrogen) atoms. The van der Waals surface area contributed by atoms with Gasteiger partial charge in [-0.25, -0.2) is 19.2 Å². The second-order valence-corrected chi connectivity index (χ2v) is 11.0. The average Bonchev–Trinajstić information content (AvgIpc) is 3.40. The monoisotopic (exact) mass is 630 g/mol. The molecule has 0 radical (unpaired) electrons. The maximum absolute atomic E-state index is 14.3. The number of methoxy groups -OCH3 is 1. The fraction of sp³-hybridized carbons (Fsp3) is 0.441. The zero-order valence-corrected chi connectivity index (χ0v) is 26.6. The number of hydrogen-bond donors (Lipinski definition) is 0. The van der Waals surface area contributed by atoms with Gasteiger partial charge in [-0.05, 0) is 62.6 Å². The first-order chi connectivity index (χ1) is 22.4. The number of piperidine rings is 1. The van der Waals surface area contributed by atoms with Crippen LogP contribution in [0.3, 0.4) is 0 Å². The molecule has 11 nitrogen and oxygen atoms in total. The number of esters is 1. The zero-order valence-electron chi connectivity index (χ0n) is 26.6. The van der Waals surface area contributed by atoms with Crippen LogP contribution in [0.4, 0.5) is 4.39 Å². The van der Waals surface area contributed by atoms with Crippen molar-refractivity contribution in [3.05, 3.63) is 77.3 Å². The van der Waals surface area contributed by atoms with Crippen molar-refractivity contribution in [3.63, 3.8) is 0 Å². The molecule has 0 bridgehead atoms. The van der Waals surface area contributed by atoms with Gasteiger partial charge in [0.05, 0.1) is 54.5 Å². The smallest absolute Gasteiger partial charge is 0.337 e. The van der Waals surface area contributed by atoms with E-state index in [0.29, 0.717) is 30.4 Å². The number of ether oxygens (including phenoxy) is 4. The lowest BCUT2D eigenvalue weighted by Crippen LogP contribution is -2.39. The van der Waals surface area contributed by atoms with Gasteiger partial charge in [-0.1, -0.05) is 13.8 Å². The molecule has 242 valence electrons. The van der Waals surface area contributed by atoms with E-state index in [1.165, 1.54) is 19.2 Å². The lowest BCUT2D eigenvalue weighted by atomic mass is 10.1. The van der Waals surface area contributed by atoms with Gasteiger partial charge >= 0.3 is 5.97 Å². The number of aromatic nitrogens is 4. The zero-order chi connectivity index (χ0) is 32.6. The Balaban J connectivity index is 0.00000204. The number of carbonyl (C=O) groups is 1. The van der Waals surface area contributed by atoms with Crippen molar-refractivity contribution in [2.45, 2.75) is 71.4 Å². The van der Waals surface area contributed by atoms with Crippen LogP contribution in [0.1, 0.15) is 73.7 Å². The number of benzene rings is 2. The molecule has 4 heterocycles. The molecular formula is C34H39FN6O5. The summed E-state index contributed by atoms with van der Waals surface area (Å²) in [7, 11) is 1.38. The molecular weight excluding hydrogens is 591 g/mol. The fourth-order valence-electron chi connectivity index (χ4n) is 5.46. The highest BCUT2D eigenvalue weighted by Gasteiger charge is 2.26. The number of halogens is 1. The summed E-state index contributed by atoms with van der Waals surface area (Å²) in [4.78, 5) is 28.2. The first kappa shape index (κ1) is 32.8. The molecule has 0 aliphatic carbocycles. The van der Waals surface area contributed by atoms with Crippen molar-refractivity contribution in [2.75, 3.05) is 26.8 Å². The number of rotatable bonds is 10. The van der Waals surface area contributed by atoms with Gasteiger partial charge in [-0.3, -0.25) is 4.90 Å². The van der Waals surface area contributed by atoms with Crippen LogP contribution >= 0.6 is 0 Å².